The van der Waals surface area contributed by atoms with Gasteiger partial charge in [0.15, 0.2) is 0 Å². The molecule has 1 fully saturated rings. The van der Waals surface area contributed by atoms with E-state index in [4.69, 9.17) is 0 Å². The summed E-state index contributed by atoms with van der Waals surface area (Å²) in [7, 11) is 0. The van der Waals surface area contributed by atoms with Gasteiger partial charge in [0, 0.05) is 27.6 Å². The molecule has 0 bridgehead atoms. The fourth-order valence-electron chi connectivity index (χ4n) is 2.80. The molecule has 1 saturated heterocycles. The van der Waals surface area contributed by atoms with Gasteiger partial charge in [-0.1, -0.05) is 44.8 Å². The Morgan fingerprint density at radius 3 is 2.76 bits per heavy atom. The van der Waals surface area contributed by atoms with Gasteiger partial charge in [-0.3, -0.25) is 0 Å². The lowest BCUT2D eigenvalue weighted by molar-refractivity contribution is 0.626. The van der Waals surface area contributed by atoms with E-state index in [1.165, 1.54) is 35.0 Å². The fourth-order valence-corrected chi connectivity index (χ4v) is 3.62. The number of nitrogens with zero attached hydrogens (tertiary/aromatic N) is 1. The molecule has 1 aromatic carbocycles. The Bertz CT molecular complexity index is 392. The number of anilines is 1. The summed E-state index contributed by atoms with van der Waals surface area (Å²) in [6, 6.07) is 7.97. The van der Waals surface area contributed by atoms with Crippen molar-refractivity contribution in [3.8, 4) is 0 Å². The molecule has 1 heterocycles. The molecule has 17 heavy (non-hydrogen) atoms. The number of halogens is 2. The quantitative estimate of drug-likeness (QED) is 0.677. The van der Waals surface area contributed by atoms with Crippen LogP contribution in [0.2, 0.25) is 0 Å². The van der Waals surface area contributed by atoms with Crippen molar-refractivity contribution in [3.63, 3.8) is 0 Å². The molecule has 94 valence electrons. The maximum absolute atomic E-state index is 3.60. The molecule has 2 rings (SSSR count). The van der Waals surface area contributed by atoms with Gasteiger partial charge in [0.25, 0.3) is 0 Å². The molecular formula is C14H19Br2N. The van der Waals surface area contributed by atoms with Crippen LogP contribution >= 0.6 is 31.9 Å². The van der Waals surface area contributed by atoms with Gasteiger partial charge in [-0.15, -0.1) is 0 Å². The second-order valence-electron chi connectivity index (χ2n) is 4.80. The lowest BCUT2D eigenvalue weighted by Gasteiger charge is -2.32. The molecule has 0 N–H and O–H groups in total. The topological polar surface area (TPSA) is 3.24 Å². The largest absolute Gasteiger partial charge is 0.366 e. The molecule has 2 unspecified atom stereocenters. The van der Waals surface area contributed by atoms with E-state index < -0.39 is 0 Å². The zero-order valence-electron chi connectivity index (χ0n) is 10.4. The molecule has 0 spiro atoms. The Labute approximate surface area is 121 Å². The zero-order chi connectivity index (χ0) is 12.4. The molecule has 1 aromatic rings. The highest BCUT2D eigenvalue weighted by molar-refractivity contribution is 9.10. The number of hydrogen-bond donors (Lipinski definition) is 0. The third-order valence-corrected chi connectivity index (χ3v) is 4.82. The molecule has 1 aliphatic rings. The van der Waals surface area contributed by atoms with Crippen molar-refractivity contribution in [2.24, 2.45) is 0 Å². The van der Waals surface area contributed by atoms with Crippen LogP contribution in [-0.4, -0.2) is 12.1 Å². The summed E-state index contributed by atoms with van der Waals surface area (Å²) < 4.78 is 1.17. The Hall–Kier alpha value is -0.0200. The summed E-state index contributed by atoms with van der Waals surface area (Å²) in [5, 5.41) is 0.926. The van der Waals surface area contributed by atoms with Gasteiger partial charge in [0.05, 0.1) is 0 Å². The van der Waals surface area contributed by atoms with Crippen molar-refractivity contribution in [3.05, 3.63) is 28.2 Å². The van der Waals surface area contributed by atoms with Crippen LogP contribution in [0, 0.1) is 0 Å². The maximum Gasteiger partial charge on any atom is 0.0423 e. The first kappa shape index (κ1) is 13.4. The minimum atomic E-state index is 0.659. The standard InChI is InChI=1S/C14H19Br2N/c1-3-13-7-4-10(2)17(13)14-8-12(16)6-5-11(14)9-15/h5-6,8,10,13H,3-4,7,9H2,1-2H3. The van der Waals surface area contributed by atoms with Crippen LogP contribution < -0.4 is 4.90 Å². The monoisotopic (exact) mass is 359 g/mol. The second-order valence-corrected chi connectivity index (χ2v) is 6.28. The first-order valence-electron chi connectivity index (χ1n) is 6.30. The van der Waals surface area contributed by atoms with E-state index in [1.54, 1.807) is 0 Å². The average molecular weight is 361 g/mol. The van der Waals surface area contributed by atoms with Gasteiger partial charge in [-0.25, -0.2) is 0 Å². The average Bonchev–Trinajstić information content (AvgIpc) is 2.70. The van der Waals surface area contributed by atoms with Crippen molar-refractivity contribution in [2.75, 3.05) is 4.90 Å². The fraction of sp³-hybridized carbons (Fsp3) is 0.571. The third-order valence-electron chi connectivity index (χ3n) is 3.73. The minimum absolute atomic E-state index is 0.659. The first-order valence-corrected chi connectivity index (χ1v) is 8.21. The van der Waals surface area contributed by atoms with Gasteiger partial charge in [0.2, 0.25) is 0 Å². The van der Waals surface area contributed by atoms with Crippen LogP contribution in [0.25, 0.3) is 0 Å². The van der Waals surface area contributed by atoms with Gasteiger partial charge in [0.1, 0.15) is 0 Å². The van der Waals surface area contributed by atoms with Gasteiger partial charge in [-0.05, 0) is 43.9 Å². The summed E-state index contributed by atoms with van der Waals surface area (Å²) in [5.41, 5.74) is 2.79. The molecule has 3 heteroatoms. The molecule has 0 saturated carbocycles. The lowest BCUT2D eigenvalue weighted by atomic mass is 10.1. The minimum Gasteiger partial charge on any atom is -0.366 e. The number of alkyl halides is 1. The summed E-state index contributed by atoms with van der Waals surface area (Å²) in [5.74, 6) is 0. The van der Waals surface area contributed by atoms with Gasteiger partial charge < -0.3 is 4.90 Å². The first-order chi connectivity index (χ1) is 8.17. The highest BCUT2D eigenvalue weighted by atomic mass is 79.9. The van der Waals surface area contributed by atoms with E-state index >= 15 is 0 Å². The summed E-state index contributed by atoms with van der Waals surface area (Å²) in [6.07, 6.45) is 3.87. The molecule has 1 nitrogen and oxygen atoms in total. The van der Waals surface area contributed by atoms with Crippen molar-refractivity contribution in [1.82, 2.24) is 0 Å². The molecule has 1 aliphatic heterocycles. The predicted molar refractivity (Wildman–Crippen MR) is 82.0 cm³/mol. The normalized spacial score (nSPS) is 24.4. The van der Waals surface area contributed by atoms with Crippen LogP contribution in [0.1, 0.15) is 38.7 Å². The SMILES string of the molecule is CCC1CCC(C)N1c1cc(Br)ccc1CBr. The summed E-state index contributed by atoms with van der Waals surface area (Å²) >= 11 is 7.19. The van der Waals surface area contributed by atoms with Crippen LogP contribution in [0.15, 0.2) is 22.7 Å². The molecule has 0 aliphatic carbocycles. The Kier molecular flexibility index (Phi) is 4.53. The third kappa shape index (κ3) is 2.70. The van der Waals surface area contributed by atoms with E-state index in [0.717, 1.165) is 5.33 Å². The highest BCUT2D eigenvalue weighted by Crippen LogP contribution is 2.36. The van der Waals surface area contributed by atoms with E-state index in [-0.39, 0.29) is 0 Å². The molecule has 0 radical (unpaired) electrons. The van der Waals surface area contributed by atoms with Crippen molar-refractivity contribution in [2.45, 2.75) is 50.5 Å². The predicted octanol–water partition coefficient (Wildman–Crippen LogP) is 5.11. The van der Waals surface area contributed by atoms with E-state index in [9.17, 15) is 0 Å². The Balaban J connectivity index is 2.40. The molecule has 0 aromatic heterocycles. The Morgan fingerprint density at radius 2 is 2.12 bits per heavy atom. The molecule has 2 atom stereocenters. The second kappa shape index (κ2) is 5.75. The van der Waals surface area contributed by atoms with Gasteiger partial charge >= 0.3 is 0 Å². The molecule has 0 amide bonds. The summed E-state index contributed by atoms with van der Waals surface area (Å²) in [4.78, 5) is 2.61. The van der Waals surface area contributed by atoms with E-state index in [2.05, 4.69) is 68.8 Å². The van der Waals surface area contributed by atoms with Crippen molar-refractivity contribution >= 4 is 37.5 Å². The lowest BCUT2D eigenvalue weighted by Crippen LogP contribution is -2.34. The maximum atomic E-state index is 3.60. The van der Waals surface area contributed by atoms with Crippen LogP contribution in [0.5, 0.6) is 0 Å². The van der Waals surface area contributed by atoms with Crippen molar-refractivity contribution in [1.29, 1.82) is 0 Å². The summed E-state index contributed by atoms with van der Waals surface area (Å²) in [6.45, 7) is 4.63. The Morgan fingerprint density at radius 1 is 1.35 bits per heavy atom. The van der Waals surface area contributed by atoms with Crippen LogP contribution in [-0.2, 0) is 5.33 Å². The number of benzene rings is 1. The number of rotatable bonds is 3. The van der Waals surface area contributed by atoms with Crippen LogP contribution in [0.4, 0.5) is 5.69 Å². The molecular weight excluding hydrogens is 342 g/mol. The van der Waals surface area contributed by atoms with Crippen LogP contribution in [0.3, 0.4) is 0 Å². The van der Waals surface area contributed by atoms with E-state index in [1.807, 2.05) is 0 Å². The number of hydrogen-bond acceptors (Lipinski definition) is 1. The highest BCUT2D eigenvalue weighted by Gasteiger charge is 2.30. The smallest absolute Gasteiger partial charge is 0.0423 e. The van der Waals surface area contributed by atoms with Crippen molar-refractivity contribution < 1.29 is 0 Å². The van der Waals surface area contributed by atoms with Gasteiger partial charge in [-0.2, -0.15) is 0 Å². The van der Waals surface area contributed by atoms with E-state index in [0.29, 0.717) is 12.1 Å². The zero-order valence-corrected chi connectivity index (χ0v) is 13.6.